The predicted molar refractivity (Wildman–Crippen MR) is 89.8 cm³/mol. The number of anilines is 1. The molecule has 0 aliphatic carbocycles. The van der Waals surface area contributed by atoms with E-state index in [0.29, 0.717) is 17.0 Å². The Kier molecular flexibility index (Phi) is 4.22. The van der Waals surface area contributed by atoms with E-state index in [1.807, 2.05) is 0 Å². The summed E-state index contributed by atoms with van der Waals surface area (Å²) in [7, 11) is -2.06. The molecular formula is C16H15N3O4S. The molecule has 0 atom stereocenters. The molecule has 0 aromatic heterocycles. The van der Waals surface area contributed by atoms with E-state index in [9.17, 15) is 13.2 Å². The van der Waals surface area contributed by atoms with Gasteiger partial charge in [0.15, 0.2) is 0 Å². The number of sulfonamides is 1. The molecule has 0 spiro atoms. The summed E-state index contributed by atoms with van der Waals surface area (Å²) in [6.07, 6.45) is 0. The van der Waals surface area contributed by atoms with Crippen LogP contribution >= 0.6 is 0 Å². The second-order valence-corrected chi connectivity index (χ2v) is 6.70. The number of nitrogens with one attached hydrogen (secondary N) is 2. The van der Waals surface area contributed by atoms with Crippen LogP contribution in [-0.2, 0) is 14.8 Å². The second kappa shape index (κ2) is 6.32. The Bertz CT molecular complexity index is 922. The SMILES string of the molecule is COc1cccc(NC(=O)CN=C2NS(=O)(=O)c3ccccc32)c1. The van der Waals surface area contributed by atoms with Crippen molar-refractivity contribution in [3.05, 3.63) is 54.1 Å². The first-order valence-corrected chi connectivity index (χ1v) is 8.58. The molecule has 7 nitrogen and oxygen atoms in total. The maximum Gasteiger partial charge on any atom is 0.263 e. The summed E-state index contributed by atoms with van der Waals surface area (Å²) in [4.78, 5) is 16.3. The zero-order valence-electron chi connectivity index (χ0n) is 12.8. The largest absolute Gasteiger partial charge is 0.497 e. The van der Waals surface area contributed by atoms with Crippen molar-refractivity contribution in [1.82, 2.24) is 4.72 Å². The summed E-state index contributed by atoms with van der Waals surface area (Å²) >= 11 is 0. The lowest BCUT2D eigenvalue weighted by Crippen LogP contribution is -2.24. The molecule has 2 aromatic carbocycles. The van der Waals surface area contributed by atoms with E-state index in [1.54, 1.807) is 42.5 Å². The van der Waals surface area contributed by atoms with E-state index in [1.165, 1.54) is 13.2 Å². The summed E-state index contributed by atoms with van der Waals surface area (Å²) < 4.78 is 31.4. The minimum absolute atomic E-state index is 0.164. The molecule has 3 rings (SSSR count). The van der Waals surface area contributed by atoms with Gasteiger partial charge in [0.1, 0.15) is 18.1 Å². The molecule has 8 heteroatoms. The lowest BCUT2D eigenvalue weighted by molar-refractivity contribution is -0.114. The Labute approximate surface area is 139 Å². The molecule has 2 aromatic rings. The van der Waals surface area contributed by atoms with E-state index < -0.39 is 10.0 Å². The van der Waals surface area contributed by atoms with Gasteiger partial charge in [-0.15, -0.1) is 0 Å². The number of hydrogen-bond donors (Lipinski definition) is 2. The van der Waals surface area contributed by atoms with Crippen molar-refractivity contribution < 1.29 is 17.9 Å². The van der Waals surface area contributed by atoms with Gasteiger partial charge >= 0.3 is 0 Å². The second-order valence-electron chi connectivity index (χ2n) is 5.05. The number of amidine groups is 1. The highest BCUT2D eigenvalue weighted by molar-refractivity contribution is 7.90. The minimum atomic E-state index is -3.60. The van der Waals surface area contributed by atoms with Gasteiger partial charge < -0.3 is 10.1 Å². The summed E-state index contributed by atoms with van der Waals surface area (Å²) in [5, 5.41) is 2.68. The Morgan fingerprint density at radius 2 is 2.00 bits per heavy atom. The number of amides is 1. The number of hydrogen-bond acceptors (Lipinski definition) is 5. The van der Waals surface area contributed by atoms with Crippen molar-refractivity contribution in [2.75, 3.05) is 19.0 Å². The van der Waals surface area contributed by atoms with E-state index in [2.05, 4.69) is 15.0 Å². The van der Waals surface area contributed by atoms with Crippen molar-refractivity contribution >= 4 is 27.5 Å². The van der Waals surface area contributed by atoms with Gasteiger partial charge in [-0.05, 0) is 24.3 Å². The number of methoxy groups -OCH3 is 1. The highest BCUT2D eigenvalue weighted by Crippen LogP contribution is 2.22. The Hall–Kier alpha value is -2.87. The van der Waals surface area contributed by atoms with Gasteiger partial charge in [-0.3, -0.25) is 14.5 Å². The van der Waals surface area contributed by atoms with Crippen LogP contribution < -0.4 is 14.8 Å². The average Bonchev–Trinajstić information content (AvgIpc) is 2.84. The van der Waals surface area contributed by atoms with Crippen molar-refractivity contribution in [1.29, 1.82) is 0 Å². The van der Waals surface area contributed by atoms with Gasteiger partial charge in [0, 0.05) is 17.3 Å². The van der Waals surface area contributed by atoms with Crippen molar-refractivity contribution in [3.8, 4) is 5.75 Å². The molecule has 1 aliphatic heterocycles. The quantitative estimate of drug-likeness (QED) is 0.875. The molecule has 0 unspecified atom stereocenters. The zero-order valence-corrected chi connectivity index (χ0v) is 13.6. The van der Waals surface area contributed by atoms with Gasteiger partial charge in [0.2, 0.25) is 5.91 Å². The number of fused-ring (bicyclic) bond motifs is 1. The molecule has 0 bridgehead atoms. The molecule has 1 amide bonds. The molecule has 0 radical (unpaired) electrons. The van der Waals surface area contributed by atoms with Crippen LogP contribution in [0, 0.1) is 0 Å². The number of ether oxygens (including phenoxy) is 1. The lowest BCUT2D eigenvalue weighted by Gasteiger charge is -2.06. The summed E-state index contributed by atoms with van der Waals surface area (Å²) in [6, 6.07) is 13.4. The van der Waals surface area contributed by atoms with Crippen molar-refractivity contribution in [2.24, 2.45) is 4.99 Å². The average molecular weight is 345 g/mol. The number of rotatable bonds is 4. The van der Waals surface area contributed by atoms with Gasteiger partial charge in [-0.25, -0.2) is 8.42 Å². The Morgan fingerprint density at radius 3 is 2.79 bits per heavy atom. The van der Waals surface area contributed by atoms with Crippen LogP contribution in [-0.4, -0.2) is 33.8 Å². The third-order valence-electron chi connectivity index (χ3n) is 3.40. The third kappa shape index (κ3) is 3.23. The van der Waals surface area contributed by atoms with Crippen molar-refractivity contribution in [2.45, 2.75) is 4.90 Å². The van der Waals surface area contributed by atoms with E-state index in [0.717, 1.165) is 0 Å². The molecule has 0 saturated carbocycles. The topological polar surface area (TPSA) is 96.9 Å². The molecule has 24 heavy (non-hydrogen) atoms. The van der Waals surface area contributed by atoms with Crippen LogP contribution in [0.15, 0.2) is 58.4 Å². The molecule has 2 N–H and O–H groups in total. The van der Waals surface area contributed by atoms with Gasteiger partial charge in [0.05, 0.1) is 12.0 Å². The fourth-order valence-corrected chi connectivity index (χ4v) is 3.55. The number of carbonyl (C=O) groups is 1. The third-order valence-corrected chi connectivity index (χ3v) is 4.79. The van der Waals surface area contributed by atoms with E-state index in [-0.39, 0.29) is 23.2 Å². The van der Waals surface area contributed by atoms with Crippen LogP contribution in [0.1, 0.15) is 5.56 Å². The van der Waals surface area contributed by atoms with E-state index in [4.69, 9.17) is 4.74 Å². The standard InChI is InChI=1S/C16H15N3O4S/c1-23-12-6-4-5-11(9-12)18-15(20)10-17-16-13-7-2-3-8-14(13)24(21,22)19-16/h2-9H,10H2,1H3,(H,17,19)(H,18,20). The van der Waals surface area contributed by atoms with Crippen LogP contribution in [0.4, 0.5) is 5.69 Å². The minimum Gasteiger partial charge on any atom is -0.497 e. The highest BCUT2D eigenvalue weighted by Gasteiger charge is 2.30. The normalized spacial score (nSPS) is 16.3. The zero-order chi connectivity index (χ0) is 17.2. The van der Waals surface area contributed by atoms with E-state index >= 15 is 0 Å². The summed E-state index contributed by atoms with van der Waals surface area (Å²) in [6.45, 7) is -0.205. The van der Waals surface area contributed by atoms with Crippen LogP contribution in [0.2, 0.25) is 0 Å². The van der Waals surface area contributed by atoms with Gasteiger partial charge in [0.25, 0.3) is 10.0 Å². The van der Waals surface area contributed by atoms with Crippen LogP contribution in [0.3, 0.4) is 0 Å². The molecular weight excluding hydrogens is 330 g/mol. The first-order valence-electron chi connectivity index (χ1n) is 7.10. The fraction of sp³-hybridized carbons (Fsp3) is 0.125. The van der Waals surface area contributed by atoms with Crippen molar-refractivity contribution in [3.63, 3.8) is 0 Å². The summed E-state index contributed by atoms with van der Waals surface area (Å²) in [5.74, 6) is 0.433. The molecule has 1 heterocycles. The Morgan fingerprint density at radius 1 is 1.21 bits per heavy atom. The van der Waals surface area contributed by atoms with Gasteiger partial charge in [-0.2, -0.15) is 0 Å². The maximum absolute atomic E-state index is 12.0. The first-order chi connectivity index (χ1) is 11.5. The van der Waals surface area contributed by atoms with Crippen LogP contribution in [0.25, 0.3) is 0 Å². The highest BCUT2D eigenvalue weighted by atomic mass is 32.2. The monoisotopic (exact) mass is 345 g/mol. The number of carbonyl (C=O) groups excluding carboxylic acids is 1. The smallest absolute Gasteiger partial charge is 0.263 e. The predicted octanol–water partition coefficient (Wildman–Crippen LogP) is 1.37. The molecule has 124 valence electrons. The molecule has 1 aliphatic rings. The number of benzene rings is 2. The summed E-state index contributed by atoms with van der Waals surface area (Å²) in [5.41, 5.74) is 1.04. The molecule has 0 fully saturated rings. The fourth-order valence-electron chi connectivity index (χ4n) is 2.30. The van der Waals surface area contributed by atoms with Crippen LogP contribution in [0.5, 0.6) is 5.75 Å². The lowest BCUT2D eigenvalue weighted by atomic mass is 10.2. The Balaban J connectivity index is 1.73. The number of nitrogens with zero attached hydrogens (tertiary/aromatic N) is 1. The van der Waals surface area contributed by atoms with Gasteiger partial charge in [-0.1, -0.05) is 18.2 Å². The number of aliphatic imine (C=N–C) groups is 1. The molecule has 0 saturated heterocycles. The first kappa shape index (κ1) is 16.0. The maximum atomic E-state index is 12.0.